The lowest BCUT2D eigenvalue weighted by molar-refractivity contribution is 0.112. The summed E-state index contributed by atoms with van der Waals surface area (Å²) in [5, 5.41) is 9.31. The molecule has 52 valence electrons. The molecule has 1 heteroatoms. The van der Waals surface area contributed by atoms with E-state index in [-0.39, 0.29) is 6.10 Å². The van der Waals surface area contributed by atoms with Crippen LogP contribution in [-0.2, 0) is 0 Å². The van der Waals surface area contributed by atoms with Crippen LogP contribution in [0.4, 0.5) is 0 Å². The summed E-state index contributed by atoms with van der Waals surface area (Å²) in [6.45, 7) is 4.17. The normalized spacial score (nSPS) is 36.1. The number of rotatable bonds is 0. The molecule has 0 unspecified atom stereocenters. The summed E-state index contributed by atoms with van der Waals surface area (Å²) in [5.41, 5.74) is 1.33. The molecule has 0 heterocycles. The summed E-state index contributed by atoms with van der Waals surface area (Å²) in [7, 11) is 0. The van der Waals surface area contributed by atoms with Gasteiger partial charge in [0, 0.05) is 0 Å². The second kappa shape index (κ2) is 2.53. The monoisotopic (exact) mass is 126 g/mol. The average molecular weight is 126 g/mol. The van der Waals surface area contributed by atoms with E-state index in [1.54, 1.807) is 0 Å². The van der Waals surface area contributed by atoms with Gasteiger partial charge in [-0.2, -0.15) is 0 Å². The van der Waals surface area contributed by atoms with Crippen molar-refractivity contribution in [2.24, 2.45) is 5.92 Å². The van der Waals surface area contributed by atoms with Gasteiger partial charge in [-0.3, -0.25) is 0 Å². The molecule has 9 heavy (non-hydrogen) atoms. The largest absolute Gasteiger partial charge is 0.393 e. The molecule has 0 fully saturated rings. The Hall–Kier alpha value is -0.300. The zero-order valence-electron chi connectivity index (χ0n) is 6.09. The third-order valence-electron chi connectivity index (χ3n) is 2.03. The van der Waals surface area contributed by atoms with Crippen molar-refractivity contribution in [2.45, 2.75) is 32.8 Å². The maximum absolute atomic E-state index is 9.31. The first-order valence-corrected chi connectivity index (χ1v) is 3.54. The lowest BCUT2D eigenvalue weighted by Crippen LogP contribution is -2.20. The summed E-state index contributed by atoms with van der Waals surface area (Å²) in [6.07, 6.45) is 4.06. The fourth-order valence-electron chi connectivity index (χ4n) is 1.16. The summed E-state index contributed by atoms with van der Waals surface area (Å²) in [5.74, 6) is 0.466. The molecule has 2 atom stereocenters. The van der Waals surface area contributed by atoms with Gasteiger partial charge in [-0.25, -0.2) is 0 Å². The lowest BCUT2D eigenvalue weighted by atomic mass is 9.89. The van der Waals surface area contributed by atoms with Crippen molar-refractivity contribution in [1.29, 1.82) is 0 Å². The van der Waals surface area contributed by atoms with E-state index in [4.69, 9.17) is 0 Å². The number of aliphatic hydroxyl groups excluding tert-OH is 1. The molecule has 1 rings (SSSR count). The Kier molecular flexibility index (Phi) is 1.91. The molecule has 1 nitrogen and oxygen atoms in total. The molecule has 0 aromatic rings. The van der Waals surface area contributed by atoms with Crippen LogP contribution in [0.1, 0.15) is 26.7 Å². The molecule has 0 saturated carbocycles. The van der Waals surface area contributed by atoms with E-state index in [1.807, 2.05) is 0 Å². The van der Waals surface area contributed by atoms with Gasteiger partial charge in [0.2, 0.25) is 0 Å². The van der Waals surface area contributed by atoms with Crippen LogP contribution < -0.4 is 0 Å². The molecule has 0 saturated heterocycles. The predicted octanol–water partition coefficient (Wildman–Crippen LogP) is 1.72. The van der Waals surface area contributed by atoms with Gasteiger partial charge < -0.3 is 5.11 Å². The highest BCUT2D eigenvalue weighted by molar-refractivity contribution is 5.05. The highest BCUT2D eigenvalue weighted by Gasteiger charge is 2.17. The molecular weight excluding hydrogens is 112 g/mol. The van der Waals surface area contributed by atoms with E-state index < -0.39 is 0 Å². The van der Waals surface area contributed by atoms with Crippen molar-refractivity contribution >= 4 is 0 Å². The van der Waals surface area contributed by atoms with E-state index in [0.29, 0.717) is 5.92 Å². The number of hydrogen-bond acceptors (Lipinski definition) is 1. The van der Waals surface area contributed by atoms with Gasteiger partial charge >= 0.3 is 0 Å². The summed E-state index contributed by atoms with van der Waals surface area (Å²) in [6, 6.07) is 0. The minimum Gasteiger partial charge on any atom is -0.393 e. The molecular formula is C8H14O. The summed E-state index contributed by atoms with van der Waals surface area (Å²) < 4.78 is 0. The van der Waals surface area contributed by atoms with Gasteiger partial charge in [-0.05, 0) is 25.7 Å². The number of allylic oxidation sites excluding steroid dienone is 1. The van der Waals surface area contributed by atoms with Gasteiger partial charge in [0.15, 0.2) is 0 Å². The van der Waals surface area contributed by atoms with Crippen LogP contribution in [0.15, 0.2) is 11.6 Å². The molecule has 0 aromatic heterocycles. The van der Waals surface area contributed by atoms with Crippen molar-refractivity contribution in [3.8, 4) is 0 Å². The quantitative estimate of drug-likeness (QED) is 0.490. The molecule has 0 radical (unpaired) electrons. The summed E-state index contributed by atoms with van der Waals surface area (Å²) in [4.78, 5) is 0. The van der Waals surface area contributed by atoms with Crippen LogP contribution in [0.3, 0.4) is 0 Å². The molecule has 0 aromatic carbocycles. The molecule has 0 aliphatic heterocycles. The molecule has 1 N–H and O–H groups in total. The Morgan fingerprint density at radius 3 is 2.78 bits per heavy atom. The number of hydrogen-bond donors (Lipinski definition) is 1. The number of aliphatic hydroxyl groups is 1. The first-order chi connectivity index (χ1) is 4.20. The minimum absolute atomic E-state index is 0.0880. The third-order valence-corrected chi connectivity index (χ3v) is 2.03. The molecule has 1 aliphatic rings. The maximum atomic E-state index is 9.31. The third kappa shape index (κ3) is 1.55. The highest BCUT2D eigenvalue weighted by atomic mass is 16.3. The Bertz CT molecular complexity index is 127. The average Bonchev–Trinajstić information content (AvgIpc) is 1.80. The van der Waals surface area contributed by atoms with E-state index in [2.05, 4.69) is 19.9 Å². The van der Waals surface area contributed by atoms with Crippen molar-refractivity contribution in [3.05, 3.63) is 11.6 Å². The van der Waals surface area contributed by atoms with Gasteiger partial charge in [0.25, 0.3) is 0 Å². The van der Waals surface area contributed by atoms with E-state index in [0.717, 1.165) is 12.8 Å². The first-order valence-electron chi connectivity index (χ1n) is 3.54. The van der Waals surface area contributed by atoms with Crippen molar-refractivity contribution in [2.75, 3.05) is 0 Å². The lowest BCUT2D eigenvalue weighted by Gasteiger charge is -2.22. The van der Waals surface area contributed by atoms with E-state index >= 15 is 0 Å². The first kappa shape index (κ1) is 6.81. The van der Waals surface area contributed by atoms with Crippen molar-refractivity contribution < 1.29 is 5.11 Å². The minimum atomic E-state index is -0.0880. The molecule has 0 amide bonds. The Morgan fingerprint density at radius 2 is 2.33 bits per heavy atom. The fourth-order valence-corrected chi connectivity index (χ4v) is 1.16. The second-order valence-electron chi connectivity index (χ2n) is 3.03. The van der Waals surface area contributed by atoms with Crippen molar-refractivity contribution in [3.63, 3.8) is 0 Å². The van der Waals surface area contributed by atoms with Gasteiger partial charge in [-0.15, -0.1) is 0 Å². The van der Waals surface area contributed by atoms with Crippen LogP contribution in [0.2, 0.25) is 0 Å². The van der Waals surface area contributed by atoms with Gasteiger partial charge in [-0.1, -0.05) is 18.6 Å². The molecule has 0 bridgehead atoms. The summed E-state index contributed by atoms with van der Waals surface area (Å²) >= 11 is 0. The van der Waals surface area contributed by atoms with Gasteiger partial charge in [0.05, 0.1) is 6.10 Å². The smallest absolute Gasteiger partial charge is 0.0605 e. The highest BCUT2D eigenvalue weighted by Crippen LogP contribution is 2.22. The van der Waals surface area contributed by atoms with Crippen LogP contribution in [0.5, 0.6) is 0 Å². The van der Waals surface area contributed by atoms with E-state index in [9.17, 15) is 5.11 Å². The molecule has 0 spiro atoms. The fraction of sp³-hybridized carbons (Fsp3) is 0.750. The SMILES string of the molecule is CC1=CC[C@H](C)[C@@H](O)C1. The standard InChI is InChI=1S/C8H14O/c1-6-3-4-7(2)8(9)5-6/h3,7-9H,4-5H2,1-2H3/t7-,8-/m0/s1. The predicted molar refractivity (Wildman–Crippen MR) is 38.2 cm³/mol. The Morgan fingerprint density at radius 1 is 1.67 bits per heavy atom. The zero-order chi connectivity index (χ0) is 6.85. The molecule has 1 aliphatic carbocycles. The van der Waals surface area contributed by atoms with Gasteiger partial charge in [0.1, 0.15) is 0 Å². The zero-order valence-corrected chi connectivity index (χ0v) is 6.09. The Labute approximate surface area is 56.4 Å². The Balaban J connectivity index is 2.54. The maximum Gasteiger partial charge on any atom is 0.0605 e. The van der Waals surface area contributed by atoms with Crippen molar-refractivity contribution in [1.82, 2.24) is 0 Å². The van der Waals surface area contributed by atoms with Crippen LogP contribution in [-0.4, -0.2) is 11.2 Å². The topological polar surface area (TPSA) is 20.2 Å². The van der Waals surface area contributed by atoms with Crippen LogP contribution in [0.25, 0.3) is 0 Å². The van der Waals surface area contributed by atoms with Crippen LogP contribution >= 0.6 is 0 Å². The van der Waals surface area contributed by atoms with E-state index in [1.165, 1.54) is 5.57 Å². The second-order valence-corrected chi connectivity index (χ2v) is 3.03. The van der Waals surface area contributed by atoms with Crippen LogP contribution in [0, 0.1) is 5.92 Å².